The fraction of sp³-hybridized carbons (Fsp3) is 0.625. The van der Waals surface area contributed by atoms with Gasteiger partial charge in [0.1, 0.15) is 0 Å². The lowest BCUT2D eigenvalue weighted by atomic mass is 10.5. The number of H-pyrrole nitrogens is 1. The highest BCUT2D eigenvalue weighted by Gasteiger charge is 2.23. The first kappa shape index (κ1) is 12.7. The van der Waals surface area contributed by atoms with Crippen molar-refractivity contribution in [2.45, 2.75) is 18.4 Å². The zero-order chi connectivity index (χ0) is 11.3. The molecule has 1 heterocycles. The molecule has 86 valence electrons. The SMILES string of the molecule is CCN(CCCBr)S(=O)(=O)c1cnc[nH]1. The molecule has 0 fully saturated rings. The highest BCUT2D eigenvalue weighted by molar-refractivity contribution is 9.09. The zero-order valence-corrected chi connectivity index (χ0v) is 10.9. The quantitative estimate of drug-likeness (QED) is 0.802. The number of imidazole rings is 1. The Bertz CT molecular complexity index is 377. The van der Waals surface area contributed by atoms with E-state index in [9.17, 15) is 8.42 Å². The van der Waals surface area contributed by atoms with Crippen molar-refractivity contribution in [2.75, 3.05) is 18.4 Å². The number of aromatic nitrogens is 2. The Morgan fingerprint density at radius 1 is 1.60 bits per heavy atom. The normalized spacial score (nSPS) is 12.2. The van der Waals surface area contributed by atoms with Crippen molar-refractivity contribution >= 4 is 26.0 Å². The molecule has 0 saturated carbocycles. The third-order valence-electron chi connectivity index (χ3n) is 1.98. The first-order valence-corrected chi connectivity index (χ1v) is 7.23. The second kappa shape index (κ2) is 5.62. The van der Waals surface area contributed by atoms with E-state index < -0.39 is 10.0 Å². The Morgan fingerprint density at radius 3 is 2.80 bits per heavy atom. The highest BCUT2D eigenvalue weighted by atomic mass is 79.9. The van der Waals surface area contributed by atoms with Gasteiger partial charge in [0, 0.05) is 18.4 Å². The summed E-state index contributed by atoms with van der Waals surface area (Å²) in [6.07, 6.45) is 3.48. The molecule has 1 aromatic rings. The zero-order valence-electron chi connectivity index (χ0n) is 8.48. The van der Waals surface area contributed by atoms with Crippen LogP contribution in [0.1, 0.15) is 13.3 Å². The van der Waals surface area contributed by atoms with Gasteiger partial charge in [-0.05, 0) is 6.42 Å². The predicted molar refractivity (Wildman–Crippen MR) is 61.4 cm³/mol. The summed E-state index contributed by atoms with van der Waals surface area (Å²) in [5.41, 5.74) is 0. The average molecular weight is 296 g/mol. The molecule has 0 spiro atoms. The molecule has 0 saturated heterocycles. The molecule has 0 aromatic carbocycles. The van der Waals surface area contributed by atoms with E-state index in [2.05, 4.69) is 25.9 Å². The average Bonchev–Trinajstić information content (AvgIpc) is 2.72. The number of nitrogens with one attached hydrogen (secondary N) is 1. The maximum absolute atomic E-state index is 12.0. The number of nitrogens with zero attached hydrogens (tertiary/aromatic N) is 2. The largest absolute Gasteiger partial charge is 0.335 e. The van der Waals surface area contributed by atoms with Gasteiger partial charge in [0.05, 0.1) is 12.5 Å². The molecule has 5 nitrogen and oxygen atoms in total. The van der Waals surface area contributed by atoms with Crippen molar-refractivity contribution in [2.24, 2.45) is 0 Å². The van der Waals surface area contributed by atoms with E-state index in [1.807, 2.05) is 6.92 Å². The summed E-state index contributed by atoms with van der Waals surface area (Å²) < 4.78 is 25.4. The topological polar surface area (TPSA) is 66.1 Å². The van der Waals surface area contributed by atoms with E-state index in [0.717, 1.165) is 11.8 Å². The van der Waals surface area contributed by atoms with Gasteiger partial charge in [-0.1, -0.05) is 22.9 Å². The summed E-state index contributed by atoms with van der Waals surface area (Å²) in [5, 5.41) is 0.945. The van der Waals surface area contributed by atoms with Crippen LogP contribution < -0.4 is 0 Å². The Kier molecular flexibility index (Phi) is 4.75. The summed E-state index contributed by atoms with van der Waals surface area (Å²) in [6.45, 7) is 2.81. The summed E-state index contributed by atoms with van der Waals surface area (Å²) in [5.74, 6) is 0. The summed E-state index contributed by atoms with van der Waals surface area (Å²) in [4.78, 5) is 6.33. The molecule has 0 amide bonds. The van der Waals surface area contributed by atoms with Crippen molar-refractivity contribution in [1.82, 2.24) is 14.3 Å². The molecule has 0 radical (unpaired) electrons. The van der Waals surface area contributed by atoms with Crippen LogP contribution in [0.5, 0.6) is 0 Å². The van der Waals surface area contributed by atoms with Crippen LogP contribution in [0.4, 0.5) is 0 Å². The van der Waals surface area contributed by atoms with Crippen LogP contribution in [0.3, 0.4) is 0 Å². The molecule has 1 N–H and O–H groups in total. The van der Waals surface area contributed by atoms with Crippen LogP contribution in [-0.4, -0.2) is 41.1 Å². The first-order chi connectivity index (χ1) is 7.12. The number of halogens is 1. The van der Waals surface area contributed by atoms with E-state index in [1.54, 1.807) is 0 Å². The summed E-state index contributed by atoms with van der Waals surface area (Å²) in [7, 11) is -3.39. The Balaban J connectivity index is 2.83. The van der Waals surface area contributed by atoms with Crippen LogP contribution in [0, 0.1) is 0 Å². The minimum atomic E-state index is -3.39. The van der Waals surface area contributed by atoms with Gasteiger partial charge in [0.15, 0.2) is 5.03 Å². The van der Waals surface area contributed by atoms with E-state index in [0.29, 0.717) is 13.1 Å². The van der Waals surface area contributed by atoms with Crippen LogP contribution in [0.2, 0.25) is 0 Å². The summed E-state index contributed by atoms with van der Waals surface area (Å²) >= 11 is 3.28. The lowest BCUT2D eigenvalue weighted by Crippen LogP contribution is -2.32. The number of hydrogen-bond donors (Lipinski definition) is 1. The smallest absolute Gasteiger partial charge is 0.260 e. The van der Waals surface area contributed by atoms with Crippen molar-refractivity contribution in [3.63, 3.8) is 0 Å². The van der Waals surface area contributed by atoms with E-state index in [4.69, 9.17) is 0 Å². The lowest BCUT2D eigenvalue weighted by molar-refractivity contribution is 0.426. The van der Waals surface area contributed by atoms with Crippen molar-refractivity contribution in [3.05, 3.63) is 12.5 Å². The predicted octanol–water partition coefficient (Wildman–Crippen LogP) is 1.21. The number of hydrogen-bond acceptors (Lipinski definition) is 3. The molecule has 0 aliphatic heterocycles. The summed E-state index contributed by atoms with van der Waals surface area (Å²) in [6, 6.07) is 0. The molecular weight excluding hydrogens is 282 g/mol. The van der Waals surface area contributed by atoms with Gasteiger partial charge in [-0.25, -0.2) is 13.4 Å². The molecule has 0 unspecified atom stereocenters. The fourth-order valence-electron chi connectivity index (χ4n) is 1.21. The number of rotatable bonds is 6. The fourth-order valence-corrected chi connectivity index (χ4v) is 2.84. The maximum Gasteiger partial charge on any atom is 0.260 e. The van der Waals surface area contributed by atoms with Gasteiger partial charge in [-0.2, -0.15) is 4.31 Å². The van der Waals surface area contributed by atoms with Crippen molar-refractivity contribution in [3.8, 4) is 0 Å². The van der Waals surface area contributed by atoms with Crippen LogP contribution in [-0.2, 0) is 10.0 Å². The molecule has 0 aliphatic carbocycles. The molecule has 15 heavy (non-hydrogen) atoms. The Hall–Kier alpha value is -0.400. The van der Waals surface area contributed by atoms with E-state index in [1.165, 1.54) is 16.8 Å². The monoisotopic (exact) mass is 295 g/mol. The van der Waals surface area contributed by atoms with Crippen LogP contribution in [0.15, 0.2) is 17.6 Å². The first-order valence-electron chi connectivity index (χ1n) is 4.67. The third-order valence-corrected chi connectivity index (χ3v) is 4.45. The van der Waals surface area contributed by atoms with Gasteiger partial charge in [-0.3, -0.25) is 0 Å². The molecule has 7 heteroatoms. The van der Waals surface area contributed by atoms with Gasteiger partial charge in [0.2, 0.25) is 0 Å². The minimum Gasteiger partial charge on any atom is -0.335 e. The van der Waals surface area contributed by atoms with E-state index in [-0.39, 0.29) is 5.03 Å². The van der Waals surface area contributed by atoms with Gasteiger partial charge < -0.3 is 4.98 Å². The second-order valence-corrected chi connectivity index (χ2v) is 5.65. The molecule has 0 bridgehead atoms. The molecular formula is C8H14BrN3O2S. The second-order valence-electron chi connectivity index (χ2n) is 2.96. The van der Waals surface area contributed by atoms with Gasteiger partial charge in [-0.15, -0.1) is 0 Å². The minimum absolute atomic E-state index is 0.152. The number of alkyl halides is 1. The molecule has 1 aromatic heterocycles. The molecule has 0 atom stereocenters. The molecule has 0 aliphatic rings. The van der Waals surface area contributed by atoms with Crippen molar-refractivity contribution in [1.29, 1.82) is 0 Å². The van der Waals surface area contributed by atoms with Gasteiger partial charge in [0.25, 0.3) is 10.0 Å². The number of aromatic amines is 1. The van der Waals surface area contributed by atoms with Gasteiger partial charge >= 0.3 is 0 Å². The Morgan fingerprint density at radius 2 is 2.33 bits per heavy atom. The lowest BCUT2D eigenvalue weighted by Gasteiger charge is -2.18. The molecule has 1 rings (SSSR count). The Labute approximate surface area is 98.1 Å². The number of sulfonamides is 1. The highest BCUT2D eigenvalue weighted by Crippen LogP contribution is 2.12. The standard InChI is InChI=1S/C8H14BrN3O2S/c1-2-12(5-3-4-9)15(13,14)8-6-10-7-11-8/h6-7H,2-5H2,1H3,(H,10,11). The van der Waals surface area contributed by atoms with E-state index >= 15 is 0 Å². The van der Waals surface area contributed by atoms with Crippen LogP contribution in [0.25, 0.3) is 0 Å². The van der Waals surface area contributed by atoms with Crippen molar-refractivity contribution < 1.29 is 8.42 Å². The third kappa shape index (κ3) is 3.02. The van der Waals surface area contributed by atoms with Crippen LogP contribution >= 0.6 is 15.9 Å². The maximum atomic E-state index is 12.0.